The van der Waals surface area contributed by atoms with Gasteiger partial charge in [-0.3, -0.25) is 0 Å². The van der Waals surface area contributed by atoms with E-state index >= 15 is 0 Å². The molecule has 2 aromatic heterocycles. The molecule has 21 heavy (non-hydrogen) atoms. The van der Waals surface area contributed by atoms with E-state index in [-0.39, 0.29) is 0 Å². The lowest BCUT2D eigenvalue weighted by Crippen LogP contribution is -2.32. The van der Waals surface area contributed by atoms with Gasteiger partial charge in [-0.15, -0.1) is 11.6 Å². The van der Waals surface area contributed by atoms with Gasteiger partial charge in [0.2, 0.25) is 0 Å². The van der Waals surface area contributed by atoms with Crippen molar-refractivity contribution in [1.29, 1.82) is 0 Å². The van der Waals surface area contributed by atoms with Crippen molar-refractivity contribution in [1.82, 2.24) is 19.4 Å². The van der Waals surface area contributed by atoms with Gasteiger partial charge < -0.3 is 9.47 Å². The van der Waals surface area contributed by atoms with Gasteiger partial charge in [-0.25, -0.2) is 9.97 Å². The first-order chi connectivity index (χ1) is 10.2. The minimum atomic E-state index is 0.390. The van der Waals surface area contributed by atoms with Crippen molar-refractivity contribution >= 4 is 34.4 Å². The van der Waals surface area contributed by atoms with Crippen LogP contribution in [-0.2, 0) is 12.4 Å². The minimum Gasteiger partial charge on any atom is -0.310 e. The van der Waals surface area contributed by atoms with Crippen LogP contribution in [0.3, 0.4) is 0 Å². The number of halogens is 2. The van der Waals surface area contributed by atoms with Gasteiger partial charge in [-0.05, 0) is 26.0 Å². The summed E-state index contributed by atoms with van der Waals surface area (Å²) < 4.78 is 2.12. The Bertz CT molecular complexity index is 619. The summed E-state index contributed by atoms with van der Waals surface area (Å²) in [7, 11) is 2.21. The van der Waals surface area contributed by atoms with Crippen molar-refractivity contribution in [2.24, 2.45) is 0 Å². The van der Waals surface area contributed by atoms with Crippen LogP contribution >= 0.6 is 23.2 Å². The molecule has 2 heterocycles. The monoisotopic (exact) mass is 326 g/mol. The predicted octanol–water partition coefficient (Wildman–Crippen LogP) is 3.70. The van der Waals surface area contributed by atoms with E-state index in [0.717, 1.165) is 36.1 Å². The van der Waals surface area contributed by atoms with Crippen LogP contribution in [0.1, 0.15) is 31.5 Å². The molecule has 4 nitrogen and oxygen atoms in total. The molecule has 0 aliphatic heterocycles. The molecule has 0 bridgehead atoms. The molecular formula is C15H20Cl2N4. The van der Waals surface area contributed by atoms with E-state index in [4.69, 9.17) is 23.2 Å². The third-order valence-electron chi connectivity index (χ3n) is 4.37. The third kappa shape index (κ3) is 3.17. The van der Waals surface area contributed by atoms with Crippen molar-refractivity contribution in [2.75, 3.05) is 13.6 Å². The molecule has 1 aliphatic rings. The number of hydrogen-bond donors (Lipinski definition) is 0. The van der Waals surface area contributed by atoms with Gasteiger partial charge in [0, 0.05) is 25.3 Å². The Balaban J connectivity index is 1.78. The molecule has 0 radical (unpaired) electrons. The van der Waals surface area contributed by atoms with Crippen molar-refractivity contribution in [2.45, 2.75) is 44.1 Å². The van der Waals surface area contributed by atoms with Crippen LogP contribution in [0.4, 0.5) is 0 Å². The number of rotatable bonds is 5. The molecule has 0 aromatic carbocycles. The maximum absolute atomic E-state index is 6.03. The van der Waals surface area contributed by atoms with Gasteiger partial charge in [0.1, 0.15) is 11.3 Å². The summed E-state index contributed by atoms with van der Waals surface area (Å²) in [4.78, 5) is 11.4. The number of likely N-dealkylation sites (N-methyl/N-ethyl adjacent to an activating group) is 1. The van der Waals surface area contributed by atoms with E-state index in [0.29, 0.717) is 10.9 Å². The molecule has 1 aliphatic carbocycles. The molecular weight excluding hydrogens is 307 g/mol. The van der Waals surface area contributed by atoms with Crippen molar-refractivity contribution in [3.63, 3.8) is 0 Å². The second-order valence-corrected chi connectivity index (χ2v) is 6.43. The molecule has 2 aromatic rings. The number of fused-ring (bicyclic) bond motifs is 1. The van der Waals surface area contributed by atoms with E-state index in [1.165, 1.54) is 25.7 Å². The Labute approximate surface area is 135 Å². The van der Waals surface area contributed by atoms with E-state index in [1.54, 1.807) is 6.20 Å². The zero-order valence-electron chi connectivity index (χ0n) is 12.2. The summed E-state index contributed by atoms with van der Waals surface area (Å²) in [6.07, 6.45) is 7.02. The molecule has 0 atom stereocenters. The van der Waals surface area contributed by atoms with Crippen molar-refractivity contribution in [3.05, 3.63) is 23.1 Å². The SMILES string of the molecule is CN(CCn1c(CCl)nc2cc(Cl)cnc21)C1CCCC1. The Morgan fingerprint density at radius 1 is 1.38 bits per heavy atom. The van der Waals surface area contributed by atoms with Crippen molar-refractivity contribution in [3.8, 4) is 0 Å². The van der Waals surface area contributed by atoms with Crippen LogP contribution in [0.15, 0.2) is 12.3 Å². The van der Waals surface area contributed by atoms with Crippen LogP contribution in [0, 0.1) is 0 Å². The number of nitrogens with zero attached hydrogens (tertiary/aromatic N) is 4. The van der Waals surface area contributed by atoms with Gasteiger partial charge in [0.15, 0.2) is 5.65 Å². The van der Waals surface area contributed by atoms with Gasteiger partial charge in [-0.2, -0.15) is 0 Å². The fourth-order valence-electron chi connectivity index (χ4n) is 3.16. The number of aromatic nitrogens is 3. The van der Waals surface area contributed by atoms with Gasteiger partial charge >= 0.3 is 0 Å². The summed E-state index contributed by atoms with van der Waals surface area (Å²) in [6.45, 7) is 1.85. The number of alkyl halides is 1. The highest BCUT2D eigenvalue weighted by Crippen LogP contribution is 2.23. The highest BCUT2D eigenvalue weighted by atomic mass is 35.5. The van der Waals surface area contributed by atoms with Gasteiger partial charge in [-0.1, -0.05) is 24.4 Å². The zero-order valence-corrected chi connectivity index (χ0v) is 13.7. The molecule has 3 rings (SSSR count). The quantitative estimate of drug-likeness (QED) is 0.785. The lowest BCUT2D eigenvalue weighted by Gasteiger charge is -2.24. The van der Waals surface area contributed by atoms with E-state index < -0.39 is 0 Å². The number of imidazole rings is 1. The normalized spacial score (nSPS) is 16.4. The lowest BCUT2D eigenvalue weighted by molar-refractivity contribution is 0.236. The average Bonchev–Trinajstić information content (AvgIpc) is 3.11. The van der Waals surface area contributed by atoms with Crippen LogP contribution in [0.5, 0.6) is 0 Å². The van der Waals surface area contributed by atoms with Crippen molar-refractivity contribution < 1.29 is 0 Å². The summed E-state index contributed by atoms with van der Waals surface area (Å²) in [5.41, 5.74) is 1.69. The molecule has 0 spiro atoms. The Morgan fingerprint density at radius 2 is 2.14 bits per heavy atom. The fraction of sp³-hybridized carbons (Fsp3) is 0.600. The second-order valence-electron chi connectivity index (χ2n) is 5.73. The maximum Gasteiger partial charge on any atom is 0.160 e. The van der Waals surface area contributed by atoms with E-state index in [2.05, 4.69) is 26.5 Å². The number of pyridine rings is 1. The molecule has 0 unspecified atom stereocenters. The summed E-state index contributed by atoms with van der Waals surface area (Å²) in [5, 5.41) is 0.608. The fourth-order valence-corrected chi connectivity index (χ4v) is 3.51. The first-order valence-electron chi connectivity index (χ1n) is 7.46. The first kappa shape index (κ1) is 15.1. The standard InChI is InChI=1S/C15H20Cl2N4/c1-20(12-4-2-3-5-12)6-7-21-14(9-16)19-13-8-11(17)10-18-15(13)21/h8,10,12H,2-7,9H2,1H3. The smallest absolute Gasteiger partial charge is 0.160 e. The largest absolute Gasteiger partial charge is 0.310 e. The maximum atomic E-state index is 6.03. The Kier molecular flexibility index (Phi) is 4.67. The van der Waals surface area contributed by atoms with Crippen LogP contribution in [0.2, 0.25) is 5.02 Å². The summed E-state index contributed by atoms with van der Waals surface area (Å²) in [5.74, 6) is 1.25. The molecule has 1 fully saturated rings. The highest BCUT2D eigenvalue weighted by Gasteiger charge is 2.20. The molecule has 1 saturated carbocycles. The molecule has 0 N–H and O–H groups in total. The van der Waals surface area contributed by atoms with E-state index in [9.17, 15) is 0 Å². The third-order valence-corrected chi connectivity index (χ3v) is 4.82. The number of hydrogen-bond acceptors (Lipinski definition) is 3. The minimum absolute atomic E-state index is 0.390. The summed E-state index contributed by atoms with van der Waals surface area (Å²) in [6, 6.07) is 2.57. The topological polar surface area (TPSA) is 34.0 Å². The average molecular weight is 327 g/mol. The Hall–Kier alpha value is -0.840. The Morgan fingerprint density at radius 3 is 2.86 bits per heavy atom. The highest BCUT2D eigenvalue weighted by molar-refractivity contribution is 6.31. The molecule has 114 valence electrons. The second kappa shape index (κ2) is 6.51. The van der Waals surface area contributed by atoms with Crippen LogP contribution in [0.25, 0.3) is 11.2 Å². The first-order valence-corrected chi connectivity index (χ1v) is 8.37. The van der Waals surface area contributed by atoms with Crippen LogP contribution in [-0.4, -0.2) is 39.1 Å². The van der Waals surface area contributed by atoms with Crippen LogP contribution < -0.4 is 0 Å². The molecule has 6 heteroatoms. The molecule has 0 amide bonds. The summed E-state index contributed by atoms with van der Waals surface area (Å²) >= 11 is 12.0. The lowest BCUT2D eigenvalue weighted by atomic mass is 10.2. The zero-order chi connectivity index (χ0) is 14.8. The van der Waals surface area contributed by atoms with Gasteiger partial charge in [0.05, 0.1) is 10.9 Å². The van der Waals surface area contributed by atoms with Gasteiger partial charge in [0.25, 0.3) is 0 Å². The molecule has 0 saturated heterocycles. The predicted molar refractivity (Wildman–Crippen MR) is 87.0 cm³/mol. The van der Waals surface area contributed by atoms with E-state index in [1.807, 2.05) is 6.07 Å².